The second kappa shape index (κ2) is 11.6. The zero-order valence-electron chi connectivity index (χ0n) is 21.7. The van der Waals surface area contributed by atoms with Crippen LogP contribution in [0.2, 0.25) is 5.02 Å². The first-order valence-corrected chi connectivity index (χ1v) is 13.4. The predicted octanol–water partition coefficient (Wildman–Crippen LogP) is 5.30. The third-order valence-corrected chi connectivity index (χ3v) is 6.86. The Labute approximate surface area is 227 Å². The van der Waals surface area contributed by atoms with Crippen molar-refractivity contribution in [3.8, 4) is 22.7 Å². The number of nitrogens with zero attached hydrogens (tertiary/aromatic N) is 6. The molecule has 2 aromatic heterocycles. The van der Waals surface area contributed by atoms with Crippen LogP contribution in [0.4, 0.5) is 5.95 Å². The third kappa shape index (κ3) is 5.50. The molecule has 0 spiro atoms. The van der Waals surface area contributed by atoms with Gasteiger partial charge in [-0.05, 0) is 67.9 Å². The Morgan fingerprint density at radius 3 is 2.39 bits per heavy atom. The summed E-state index contributed by atoms with van der Waals surface area (Å²) < 4.78 is 7.39. The zero-order valence-corrected chi connectivity index (χ0v) is 22.4. The van der Waals surface area contributed by atoms with Crippen molar-refractivity contribution in [2.45, 2.75) is 26.7 Å². The number of piperazine rings is 1. The summed E-state index contributed by atoms with van der Waals surface area (Å²) in [6.45, 7) is 7.21. The van der Waals surface area contributed by atoms with Crippen LogP contribution in [0, 0.1) is 0 Å². The van der Waals surface area contributed by atoms with Gasteiger partial charge in [0, 0.05) is 43.0 Å². The van der Waals surface area contributed by atoms with Crippen molar-refractivity contribution in [3.63, 3.8) is 0 Å². The van der Waals surface area contributed by atoms with E-state index in [0.29, 0.717) is 49.3 Å². The van der Waals surface area contributed by atoms with Crippen LogP contribution in [0.1, 0.15) is 36.3 Å². The molecule has 0 atom stereocenters. The van der Waals surface area contributed by atoms with E-state index < -0.39 is 0 Å². The molecular weight excluding hydrogens is 500 g/mol. The number of amides is 1. The van der Waals surface area contributed by atoms with Crippen molar-refractivity contribution >= 4 is 23.5 Å². The van der Waals surface area contributed by atoms with Crippen molar-refractivity contribution in [3.05, 3.63) is 83.3 Å². The van der Waals surface area contributed by atoms with Crippen LogP contribution in [0.15, 0.2) is 67.0 Å². The Morgan fingerprint density at radius 2 is 1.71 bits per heavy atom. The fraction of sp³-hybridized carbons (Fsp3) is 0.310. The predicted molar refractivity (Wildman–Crippen MR) is 149 cm³/mol. The minimum Gasteiger partial charge on any atom is -0.494 e. The van der Waals surface area contributed by atoms with E-state index in [2.05, 4.69) is 21.9 Å². The molecule has 0 radical (unpaired) electrons. The maximum absolute atomic E-state index is 13.5. The second-order valence-corrected chi connectivity index (χ2v) is 9.56. The van der Waals surface area contributed by atoms with E-state index in [4.69, 9.17) is 21.3 Å². The van der Waals surface area contributed by atoms with Crippen LogP contribution in [0.5, 0.6) is 5.75 Å². The lowest BCUT2D eigenvalue weighted by Gasteiger charge is -2.34. The molecule has 3 heterocycles. The third-order valence-electron chi connectivity index (χ3n) is 6.61. The summed E-state index contributed by atoms with van der Waals surface area (Å²) in [5, 5.41) is 5.22. The highest BCUT2D eigenvalue weighted by Crippen LogP contribution is 2.24. The van der Waals surface area contributed by atoms with Crippen molar-refractivity contribution in [2.75, 3.05) is 37.7 Å². The van der Waals surface area contributed by atoms with Gasteiger partial charge in [0.2, 0.25) is 5.95 Å². The fourth-order valence-electron chi connectivity index (χ4n) is 4.66. The average Bonchev–Trinajstić information content (AvgIpc) is 3.37. The van der Waals surface area contributed by atoms with Crippen LogP contribution in [-0.2, 0) is 6.42 Å². The molecule has 9 heteroatoms. The molecule has 0 unspecified atom stereocenters. The van der Waals surface area contributed by atoms with E-state index >= 15 is 0 Å². The summed E-state index contributed by atoms with van der Waals surface area (Å²) in [6.07, 6.45) is 5.15. The number of hydrogen-bond acceptors (Lipinski definition) is 6. The minimum absolute atomic E-state index is 0.0115. The number of benzene rings is 2. The Balaban J connectivity index is 1.28. The summed E-state index contributed by atoms with van der Waals surface area (Å²) >= 11 is 6.06. The Hall–Kier alpha value is -3.91. The van der Waals surface area contributed by atoms with Gasteiger partial charge >= 0.3 is 0 Å². The van der Waals surface area contributed by atoms with Crippen molar-refractivity contribution in [1.82, 2.24) is 24.6 Å². The van der Waals surface area contributed by atoms with Crippen LogP contribution < -0.4 is 9.64 Å². The van der Waals surface area contributed by atoms with Gasteiger partial charge in [-0.1, -0.05) is 24.9 Å². The van der Waals surface area contributed by atoms with Gasteiger partial charge in [0.05, 0.1) is 35.4 Å². The van der Waals surface area contributed by atoms with Crippen molar-refractivity contribution in [1.29, 1.82) is 0 Å². The van der Waals surface area contributed by atoms with Crippen molar-refractivity contribution in [2.24, 2.45) is 0 Å². The summed E-state index contributed by atoms with van der Waals surface area (Å²) in [7, 11) is 0. The number of ether oxygens (including phenoxy) is 1. The monoisotopic (exact) mass is 530 g/mol. The van der Waals surface area contributed by atoms with Gasteiger partial charge in [-0.15, -0.1) is 0 Å². The van der Waals surface area contributed by atoms with Gasteiger partial charge in [-0.25, -0.2) is 14.6 Å². The molecule has 5 rings (SSSR count). The first-order valence-electron chi connectivity index (χ1n) is 13.0. The van der Waals surface area contributed by atoms with E-state index in [-0.39, 0.29) is 5.91 Å². The second-order valence-electron chi connectivity index (χ2n) is 9.12. The number of hydrogen-bond donors (Lipinski definition) is 0. The van der Waals surface area contributed by atoms with Crippen LogP contribution in [-0.4, -0.2) is 63.3 Å². The fourth-order valence-corrected chi connectivity index (χ4v) is 4.79. The highest BCUT2D eigenvalue weighted by molar-refractivity contribution is 6.30. The molecule has 0 aliphatic carbocycles. The number of rotatable bonds is 8. The number of anilines is 1. The first kappa shape index (κ1) is 25.7. The summed E-state index contributed by atoms with van der Waals surface area (Å²) in [5.41, 5.74) is 4.34. The standard InChI is InChI=1S/C29H31ClN6O2/c1-3-5-27-25(20-32-36(27)23-10-8-22(30)9-11-23)28(37)34-16-18-35(19-17-34)29-31-15-14-26(33-29)21-6-12-24(13-7-21)38-4-2/h6-15,20H,3-5,16-19H2,1-2H3. The highest BCUT2D eigenvalue weighted by Gasteiger charge is 2.27. The van der Waals surface area contributed by atoms with E-state index in [1.165, 1.54) is 0 Å². The summed E-state index contributed by atoms with van der Waals surface area (Å²) in [6, 6.07) is 17.3. The zero-order chi connectivity index (χ0) is 26.5. The van der Waals surface area contributed by atoms with E-state index in [1.54, 1.807) is 12.4 Å². The van der Waals surface area contributed by atoms with Gasteiger partial charge in [0.25, 0.3) is 5.91 Å². The van der Waals surface area contributed by atoms with Gasteiger partial charge in [-0.3, -0.25) is 4.79 Å². The van der Waals surface area contributed by atoms with Gasteiger partial charge < -0.3 is 14.5 Å². The summed E-state index contributed by atoms with van der Waals surface area (Å²) in [5.74, 6) is 1.52. The molecule has 2 aromatic carbocycles. The van der Waals surface area contributed by atoms with E-state index in [1.807, 2.05) is 71.1 Å². The molecule has 1 aliphatic heterocycles. The lowest BCUT2D eigenvalue weighted by molar-refractivity contribution is 0.0745. The molecule has 1 aliphatic rings. The average molecular weight is 531 g/mol. The molecule has 196 valence electrons. The van der Waals surface area contributed by atoms with Crippen molar-refractivity contribution < 1.29 is 9.53 Å². The lowest BCUT2D eigenvalue weighted by atomic mass is 10.1. The van der Waals surface area contributed by atoms with Crippen LogP contribution in [0.3, 0.4) is 0 Å². The minimum atomic E-state index is 0.0115. The SMILES string of the molecule is CCCc1c(C(=O)N2CCN(c3nccc(-c4ccc(OCC)cc4)n3)CC2)cnn1-c1ccc(Cl)cc1. The smallest absolute Gasteiger partial charge is 0.257 e. The first-order chi connectivity index (χ1) is 18.6. The van der Waals surface area contributed by atoms with Gasteiger partial charge in [0.1, 0.15) is 5.75 Å². The molecule has 4 aromatic rings. The quantitative estimate of drug-likeness (QED) is 0.308. The van der Waals surface area contributed by atoms with Gasteiger partial charge in [-0.2, -0.15) is 5.10 Å². The Morgan fingerprint density at radius 1 is 0.974 bits per heavy atom. The number of carbonyl (C=O) groups excluding carboxylic acids is 1. The van der Waals surface area contributed by atoms with E-state index in [9.17, 15) is 4.79 Å². The maximum Gasteiger partial charge on any atom is 0.257 e. The lowest BCUT2D eigenvalue weighted by Crippen LogP contribution is -2.49. The number of carbonyl (C=O) groups is 1. The maximum atomic E-state index is 13.5. The largest absolute Gasteiger partial charge is 0.494 e. The van der Waals surface area contributed by atoms with Crippen LogP contribution >= 0.6 is 11.6 Å². The molecular formula is C29H31ClN6O2. The molecule has 8 nitrogen and oxygen atoms in total. The number of halogens is 1. The summed E-state index contributed by atoms with van der Waals surface area (Å²) in [4.78, 5) is 26.9. The van der Waals surface area contributed by atoms with E-state index in [0.717, 1.165) is 41.2 Å². The molecule has 1 amide bonds. The highest BCUT2D eigenvalue weighted by atomic mass is 35.5. The molecule has 0 bridgehead atoms. The molecule has 38 heavy (non-hydrogen) atoms. The molecule has 0 saturated carbocycles. The van der Waals surface area contributed by atoms with Gasteiger partial charge in [0.15, 0.2) is 0 Å². The normalized spacial score (nSPS) is 13.6. The molecule has 0 N–H and O–H groups in total. The number of aromatic nitrogens is 4. The Bertz CT molecular complexity index is 1380. The topological polar surface area (TPSA) is 76.4 Å². The Kier molecular flexibility index (Phi) is 7.89. The van der Waals surface area contributed by atoms with Crippen LogP contribution in [0.25, 0.3) is 16.9 Å². The molecule has 1 saturated heterocycles. The molecule has 1 fully saturated rings.